The molecule has 1 aliphatic carbocycles. The maximum atomic E-state index is 15.3. The SMILES string of the molecule is C=CC[C@@H]1/C=C(\C)C[C@H](C)C[C@H](OC)[C@H]2O[C@@](O)(C(=O)C(=O)N3CCCC[C@H]3C(=O)O[C@H](/C(C)=C/C3CC[C@@H](O)[C@H](OC)C3)[C@H](C)[C@@H](OC(=O)CC(C)(C)c3c(C)cc(C)cc3OC(=O)CCC(=O)OC(COC(=O)CCCCCCCCCCCCCCC)COC(=O)CCCCCCCCCCCCCCC)CC1=O)[C@H](C)C[C@@H]2OC. The number of aliphatic hydroxyl groups excluding tert-OH is 1. The Kier molecular flexibility index (Phi) is 47.8. The van der Waals surface area contributed by atoms with Crippen molar-refractivity contribution in [3.8, 4) is 5.75 Å². The molecular weight excluding hydrogens is 1500 g/mol. The summed E-state index contributed by atoms with van der Waals surface area (Å²) in [6.07, 6.45) is 31.0. The summed E-state index contributed by atoms with van der Waals surface area (Å²) in [6, 6.07) is 2.26. The second-order valence-electron chi connectivity index (χ2n) is 35.7. The van der Waals surface area contributed by atoms with Crippen molar-refractivity contribution in [1.29, 1.82) is 0 Å². The molecule has 1 saturated carbocycles. The van der Waals surface area contributed by atoms with Gasteiger partial charge in [-0.1, -0.05) is 232 Å². The molecule has 1 aromatic carbocycles. The first kappa shape index (κ1) is 102. The zero-order chi connectivity index (χ0) is 86.7. The fourth-order valence-corrected chi connectivity index (χ4v) is 17.9. The van der Waals surface area contributed by atoms with Crippen molar-refractivity contribution in [3.05, 3.63) is 64.8 Å². The molecule has 1 unspecified atom stereocenters. The van der Waals surface area contributed by atoms with Gasteiger partial charge in [0, 0.05) is 75.9 Å². The summed E-state index contributed by atoms with van der Waals surface area (Å²) in [6.45, 7) is 24.1. The average molecular weight is 1660 g/mol. The Hall–Kier alpha value is -6.17. The number of aliphatic hydroxyl groups is 2. The van der Waals surface area contributed by atoms with Crippen LogP contribution < -0.4 is 4.74 Å². The van der Waals surface area contributed by atoms with Crippen molar-refractivity contribution in [2.45, 2.75) is 412 Å². The first-order chi connectivity index (χ1) is 56.4. The third-order valence-corrected chi connectivity index (χ3v) is 24.7. The number of esters is 6. The number of carbonyl (C=O) groups excluding carboxylic acids is 9. The molecule has 118 heavy (non-hydrogen) atoms. The van der Waals surface area contributed by atoms with Gasteiger partial charge in [0.2, 0.25) is 5.79 Å². The van der Waals surface area contributed by atoms with E-state index in [9.17, 15) is 39.0 Å². The molecular formula is C96H155NO21. The predicted molar refractivity (Wildman–Crippen MR) is 457 cm³/mol. The fraction of sp³-hybridized carbons (Fsp3) is 0.781. The maximum absolute atomic E-state index is 15.3. The van der Waals surface area contributed by atoms with Crippen LogP contribution in [0.5, 0.6) is 5.75 Å². The largest absolute Gasteiger partial charge is 0.462 e. The van der Waals surface area contributed by atoms with Gasteiger partial charge >= 0.3 is 35.8 Å². The fourth-order valence-electron chi connectivity index (χ4n) is 17.9. The summed E-state index contributed by atoms with van der Waals surface area (Å²) in [5.74, 6) is -12.2. The number of amides is 1. The first-order valence-electron chi connectivity index (χ1n) is 45.7. The Bertz CT molecular complexity index is 3260. The Morgan fingerprint density at radius 3 is 1.69 bits per heavy atom. The van der Waals surface area contributed by atoms with E-state index in [1.165, 1.54) is 137 Å². The van der Waals surface area contributed by atoms with Crippen LogP contribution in [0.3, 0.4) is 0 Å². The smallest absolute Gasteiger partial charge is 0.329 e. The molecule has 1 amide bonds. The zero-order valence-corrected chi connectivity index (χ0v) is 75.1. The third kappa shape index (κ3) is 35.3. The highest BCUT2D eigenvalue weighted by Gasteiger charge is 2.57. The minimum atomic E-state index is -2.63. The number of ether oxygens (including phenoxy) is 10. The van der Waals surface area contributed by atoms with E-state index >= 15 is 14.4 Å². The number of cyclic esters (lactones) is 1. The van der Waals surface area contributed by atoms with Gasteiger partial charge in [0.25, 0.3) is 11.7 Å². The number of methoxy groups -OCH3 is 3. The minimum absolute atomic E-state index is 0.0195. The lowest BCUT2D eigenvalue weighted by Gasteiger charge is -2.47. The third-order valence-electron chi connectivity index (χ3n) is 24.7. The van der Waals surface area contributed by atoms with E-state index in [4.69, 9.17) is 47.4 Å². The molecule has 22 heteroatoms. The lowest BCUT2D eigenvalue weighted by Crippen LogP contribution is -2.64. The molecule has 3 fully saturated rings. The van der Waals surface area contributed by atoms with Gasteiger partial charge in [0.1, 0.15) is 49.1 Å². The van der Waals surface area contributed by atoms with Crippen molar-refractivity contribution in [2.75, 3.05) is 41.1 Å². The van der Waals surface area contributed by atoms with E-state index in [1.807, 2.05) is 45.9 Å². The summed E-state index contributed by atoms with van der Waals surface area (Å²) in [5.41, 5.74) is 2.13. The van der Waals surface area contributed by atoms with E-state index in [0.717, 1.165) is 54.6 Å². The van der Waals surface area contributed by atoms with Gasteiger partial charge in [-0.3, -0.25) is 38.4 Å². The standard InChI is InChI=1S/C96H155NO21/c1-16-19-21-23-25-27-29-31-33-35-37-39-41-47-84(100)112-64-75(65-113-85(101)48-42-40-38-36-34-32-30-28-26-24-22-20-17-2)114-86(102)51-52-87(103)116-81-57-68(6)55-69(7)89(81)95(11,12)63-88(104)115-79-62-78(99)74(45-18-3)56-66(4)54-67(5)58-82(110-14)91-83(111-15)60-71(9)96(108,118-91)92(105)93(106)97-53-44-43-46-76(97)94(107)117-90(72(79)10)70(8)59-73-49-50-77(98)80(61-73)109-13/h18,55-57,59,67,71-77,79-80,82-83,90-91,98,108H,3,16-17,19-54,58,60-65H2,1-2,4-15H3/b66-56+,70-59+/t67-,71+,72+,73?,74+,76-,77+,79-,80+,82-,83-,90+,91+,96+/m0/s1. The van der Waals surface area contributed by atoms with Crippen LogP contribution in [0.4, 0.5) is 0 Å². The Balaban J connectivity index is 1.38. The Morgan fingerprint density at radius 1 is 0.636 bits per heavy atom. The number of allylic oxidation sites excluding steroid dienone is 4. The summed E-state index contributed by atoms with van der Waals surface area (Å²) in [7, 11) is 4.55. The second kappa shape index (κ2) is 55.1. The summed E-state index contributed by atoms with van der Waals surface area (Å²) in [5, 5.41) is 23.3. The lowest BCUT2D eigenvalue weighted by molar-refractivity contribution is -0.302. The number of rotatable bonds is 48. The zero-order valence-electron chi connectivity index (χ0n) is 75.1. The molecule has 2 bridgehead atoms. The second-order valence-corrected chi connectivity index (χ2v) is 35.7. The average Bonchev–Trinajstić information content (AvgIpc) is 0.802. The van der Waals surface area contributed by atoms with E-state index < -0.39 is 144 Å². The molecule has 670 valence electrons. The van der Waals surface area contributed by atoms with Gasteiger partial charge in [-0.25, -0.2) is 4.79 Å². The molecule has 3 aliphatic heterocycles. The van der Waals surface area contributed by atoms with E-state index in [2.05, 4.69) is 20.4 Å². The van der Waals surface area contributed by atoms with Gasteiger partial charge in [-0.2, -0.15) is 0 Å². The molecule has 3 heterocycles. The summed E-state index contributed by atoms with van der Waals surface area (Å²) >= 11 is 0. The van der Waals surface area contributed by atoms with E-state index in [0.29, 0.717) is 74.5 Å². The molecule has 2 saturated heterocycles. The van der Waals surface area contributed by atoms with E-state index in [-0.39, 0.29) is 88.1 Å². The molecule has 22 nitrogen and oxygen atoms in total. The number of aryl methyl sites for hydroxylation is 2. The van der Waals surface area contributed by atoms with Crippen molar-refractivity contribution in [3.63, 3.8) is 0 Å². The van der Waals surface area contributed by atoms with Crippen LogP contribution in [0.25, 0.3) is 0 Å². The monoisotopic (exact) mass is 1660 g/mol. The summed E-state index contributed by atoms with van der Waals surface area (Å²) < 4.78 is 60.6. The molecule has 5 rings (SSSR count). The van der Waals surface area contributed by atoms with E-state index in [1.54, 1.807) is 46.8 Å². The van der Waals surface area contributed by atoms with Gasteiger partial charge in [0.05, 0.1) is 43.7 Å². The first-order valence-corrected chi connectivity index (χ1v) is 45.7. The van der Waals surface area contributed by atoms with Gasteiger partial charge in [0.15, 0.2) is 6.10 Å². The molecule has 0 radical (unpaired) electrons. The van der Waals surface area contributed by atoms with Gasteiger partial charge in [-0.05, 0) is 139 Å². The van der Waals surface area contributed by atoms with Crippen molar-refractivity contribution in [2.24, 2.45) is 29.6 Å². The maximum Gasteiger partial charge on any atom is 0.329 e. The number of piperidine rings is 1. The number of fused-ring (bicyclic) bond motifs is 3. The van der Waals surface area contributed by atoms with Crippen molar-refractivity contribution >= 4 is 53.3 Å². The topological polar surface area (TPSA) is 290 Å². The van der Waals surface area contributed by atoms with Gasteiger partial charge < -0.3 is 62.5 Å². The van der Waals surface area contributed by atoms with Crippen LogP contribution in [0.15, 0.2) is 48.1 Å². The highest BCUT2D eigenvalue weighted by atomic mass is 16.7. The lowest BCUT2D eigenvalue weighted by atomic mass is 9.78. The highest BCUT2D eigenvalue weighted by Crippen LogP contribution is 2.42. The number of ketones is 2. The van der Waals surface area contributed by atoms with Crippen LogP contribution in [0.1, 0.15) is 349 Å². The van der Waals surface area contributed by atoms with Crippen LogP contribution in [0, 0.1) is 43.4 Å². The quantitative estimate of drug-likeness (QED) is 0.0153. The molecule has 1 aromatic rings. The molecule has 0 aromatic heterocycles. The van der Waals surface area contributed by atoms with Crippen LogP contribution in [0.2, 0.25) is 0 Å². The van der Waals surface area contributed by atoms with Crippen molar-refractivity contribution < 1.29 is 101 Å². The molecule has 14 atom stereocenters. The molecule has 4 aliphatic rings. The number of benzene rings is 1. The number of nitrogens with zero attached hydrogens (tertiary/aromatic N) is 1. The number of hydrogen-bond donors (Lipinski definition) is 2. The number of hydrogen-bond acceptors (Lipinski definition) is 21. The van der Waals surface area contributed by atoms with Crippen LogP contribution in [-0.2, 0) is 91.2 Å². The molecule has 0 spiro atoms. The molecule has 2 N–H and O–H groups in total. The van der Waals surface area contributed by atoms with Crippen molar-refractivity contribution in [1.82, 2.24) is 4.90 Å². The van der Waals surface area contributed by atoms with Gasteiger partial charge in [-0.15, -0.1) is 6.58 Å². The number of Topliss-reactive ketones (excluding diaryl/α,β-unsaturated/α-hetero) is 2. The highest BCUT2D eigenvalue weighted by molar-refractivity contribution is 6.39. The normalized spacial score (nSPS) is 25.8. The number of unbranched alkanes of at least 4 members (excludes halogenated alkanes) is 24. The summed E-state index contributed by atoms with van der Waals surface area (Å²) in [4.78, 5) is 131. The van der Waals surface area contributed by atoms with Crippen LogP contribution in [-0.4, -0.2) is 170 Å². The minimum Gasteiger partial charge on any atom is -0.462 e. The number of carbonyl (C=O) groups is 9. The predicted octanol–water partition coefficient (Wildman–Crippen LogP) is 18.8. The Labute approximate surface area is 708 Å². The Morgan fingerprint density at radius 2 is 1.16 bits per heavy atom. The van der Waals surface area contributed by atoms with Crippen LogP contribution >= 0.6 is 0 Å².